The summed E-state index contributed by atoms with van der Waals surface area (Å²) in [6, 6.07) is 0.221. The Kier molecular flexibility index (Phi) is 7.68. The molecule has 4 heteroatoms. The van der Waals surface area contributed by atoms with Crippen LogP contribution in [-0.2, 0) is 9.59 Å². The first kappa shape index (κ1) is 13.9. The fourth-order valence-corrected chi connectivity index (χ4v) is 1.27. The fraction of sp³-hybridized carbons (Fsp3) is 0.818. The third kappa shape index (κ3) is 9.25. The smallest absolute Gasteiger partial charge is 0.220 e. The number of hydrogen-bond acceptors (Lipinski definition) is 2. The van der Waals surface area contributed by atoms with E-state index in [1.807, 2.05) is 13.8 Å². The molecule has 15 heavy (non-hydrogen) atoms. The Balaban J connectivity index is 3.31. The molecular formula is C11H22N2O2. The maximum atomic E-state index is 11.2. The highest BCUT2D eigenvalue weighted by molar-refractivity contribution is 5.76. The van der Waals surface area contributed by atoms with Crippen LogP contribution >= 0.6 is 0 Å². The van der Waals surface area contributed by atoms with Crippen molar-refractivity contribution in [2.45, 2.75) is 45.6 Å². The van der Waals surface area contributed by atoms with Crippen molar-refractivity contribution in [3.05, 3.63) is 0 Å². The molecule has 1 N–H and O–H groups in total. The topological polar surface area (TPSA) is 49.4 Å². The second-order valence-electron chi connectivity index (χ2n) is 4.12. The Bertz CT molecular complexity index is 193. The third-order valence-corrected chi connectivity index (χ3v) is 2.04. The van der Waals surface area contributed by atoms with Crippen LogP contribution in [0.15, 0.2) is 0 Å². The Morgan fingerprint density at radius 2 is 2.00 bits per heavy atom. The maximum Gasteiger partial charge on any atom is 0.220 e. The van der Waals surface area contributed by atoms with Crippen LogP contribution in [0, 0.1) is 0 Å². The quantitative estimate of drug-likeness (QED) is 0.487. The van der Waals surface area contributed by atoms with E-state index in [2.05, 4.69) is 5.32 Å². The van der Waals surface area contributed by atoms with Gasteiger partial charge in [-0.3, -0.25) is 9.59 Å². The van der Waals surface area contributed by atoms with Crippen molar-refractivity contribution in [1.29, 1.82) is 0 Å². The van der Waals surface area contributed by atoms with Gasteiger partial charge in [-0.1, -0.05) is 6.42 Å². The van der Waals surface area contributed by atoms with E-state index in [0.717, 1.165) is 32.2 Å². The normalized spacial score (nSPS) is 10.1. The summed E-state index contributed by atoms with van der Waals surface area (Å²) >= 11 is 0. The van der Waals surface area contributed by atoms with E-state index in [1.165, 1.54) is 0 Å². The zero-order valence-corrected chi connectivity index (χ0v) is 9.95. The highest BCUT2D eigenvalue weighted by atomic mass is 16.1. The van der Waals surface area contributed by atoms with Crippen LogP contribution in [-0.4, -0.2) is 36.9 Å². The van der Waals surface area contributed by atoms with Gasteiger partial charge in [0, 0.05) is 26.1 Å². The van der Waals surface area contributed by atoms with Crippen LogP contribution in [0.3, 0.4) is 0 Å². The Morgan fingerprint density at radius 1 is 1.33 bits per heavy atom. The predicted octanol–water partition coefficient (Wildman–Crippen LogP) is 1.16. The molecule has 0 aromatic carbocycles. The van der Waals surface area contributed by atoms with Crippen molar-refractivity contribution >= 4 is 12.3 Å². The van der Waals surface area contributed by atoms with Crippen LogP contribution in [0.25, 0.3) is 0 Å². The summed E-state index contributed by atoms with van der Waals surface area (Å²) in [5.74, 6) is 0.119. The van der Waals surface area contributed by atoms with E-state index in [1.54, 1.807) is 11.9 Å². The number of carbonyl (C=O) groups is 2. The minimum absolute atomic E-state index is 0.119. The average Bonchev–Trinajstić information content (AvgIpc) is 2.15. The first-order valence-corrected chi connectivity index (χ1v) is 5.51. The van der Waals surface area contributed by atoms with Gasteiger partial charge in [0.15, 0.2) is 0 Å². The summed E-state index contributed by atoms with van der Waals surface area (Å²) in [7, 11) is 1.76. The van der Waals surface area contributed by atoms with E-state index in [0.29, 0.717) is 6.42 Å². The lowest BCUT2D eigenvalue weighted by atomic mass is 10.2. The average molecular weight is 214 g/mol. The standard InChI is InChI=1S/C11H22N2O2/c1-10(2)12-11(15)7-5-4-6-8-13(3)9-14/h9-10H,4-8H2,1-3H3,(H,12,15). The number of hydrogen-bond donors (Lipinski definition) is 1. The molecule has 0 aliphatic rings. The lowest BCUT2D eigenvalue weighted by Crippen LogP contribution is -2.29. The summed E-state index contributed by atoms with van der Waals surface area (Å²) < 4.78 is 0. The Labute approximate surface area is 92.0 Å². The van der Waals surface area contributed by atoms with Crippen molar-refractivity contribution in [3.8, 4) is 0 Å². The van der Waals surface area contributed by atoms with Crippen molar-refractivity contribution in [1.82, 2.24) is 10.2 Å². The number of unbranched alkanes of at least 4 members (excludes halogenated alkanes) is 2. The summed E-state index contributed by atoms with van der Waals surface area (Å²) in [5.41, 5.74) is 0. The Morgan fingerprint density at radius 3 is 2.53 bits per heavy atom. The summed E-state index contributed by atoms with van der Waals surface area (Å²) in [4.78, 5) is 23.1. The molecule has 0 rings (SSSR count). The molecule has 0 heterocycles. The van der Waals surface area contributed by atoms with E-state index < -0.39 is 0 Å². The number of nitrogens with zero attached hydrogens (tertiary/aromatic N) is 1. The molecule has 0 radical (unpaired) electrons. The maximum absolute atomic E-state index is 11.2. The number of nitrogens with one attached hydrogen (secondary N) is 1. The van der Waals surface area contributed by atoms with Crippen molar-refractivity contribution < 1.29 is 9.59 Å². The van der Waals surface area contributed by atoms with Gasteiger partial charge >= 0.3 is 0 Å². The van der Waals surface area contributed by atoms with Gasteiger partial charge in [-0.15, -0.1) is 0 Å². The minimum atomic E-state index is 0.119. The van der Waals surface area contributed by atoms with Gasteiger partial charge in [-0.05, 0) is 26.7 Å². The van der Waals surface area contributed by atoms with Crippen molar-refractivity contribution in [2.24, 2.45) is 0 Å². The van der Waals surface area contributed by atoms with Crippen LogP contribution < -0.4 is 5.32 Å². The first-order valence-electron chi connectivity index (χ1n) is 5.51. The molecule has 4 nitrogen and oxygen atoms in total. The second-order valence-corrected chi connectivity index (χ2v) is 4.12. The van der Waals surface area contributed by atoms with Crippen molar-refractivity contribution in [2.75, 3.05) is 13.6 Å². The molecule has 0 saturated carbocycles. The lowest BCUT2D eigenvalue weighted by molar-refractivity contribution is -0.121. The molecule has 0 aromatic rings. The Hall–Kier alpha value is -1.06. The largest absolute Gasteiger partial charge is 0.354 e. The highest BCUT2D eigenvalue weighted by Crippen LogP contribution is 2.00. The van der Waals surface area contributed by atoms with E-state index in [-0.39, 0.29) is 11.9 Å². The molecule has 88 valence electrons. The van der Waals surface area contributed by atoms with Crippen LogP contribution in [0.1, 0.15) is 39.5 Å². The van der Waals surface area contributed by atoms with Crippen molar-refractivity contribution in [3.63, 3.8) is 0 Å². The molecule has 0 saturated heterocycles. The number of rotatable bonds is 8. The molecule has 2 amide bonds. The van der Waals surface area contributed by atoms with Gasteiger partial charge in [0.1, 0.15) is 0 Å². The third-order valence-electron chi connectivity index (χ3n) is 2.04. The summed E-state index contributed by atoms with van der Waals surface area (Å²) in [6.07, 6.45) is 4.26. The fourth-order valence-electron chi connectivity index (χ4n) is 1.27. The second kappa shape index (κ2) is 8.26. The summed E-state index contributed by atoms with van der Waals surface area (Å²) in [5, 5.41) is 2.85. The highest BCUT2D eigenvalue weighted by Gasteiger charge is 2.02. The van der Waals surface area contributed by atoms with Gasteiger partial charge in [-0.25, -0.2) is 0 Å². The first-order chi connectivity index (χ1) is 7.06. The van der Waals surface area contributed by atoms with Crippen LogP contribution in [0.4, 0.5) is 0 Å². The van der Waals surface area contributed by atoms with E-state index in [4.69, 9.17) is 0 Å². The summed E-state index contributed by atoms with van der Waals surface area (Å²) in [6.45, 7) is 4.68. The van der Waals surface area contributed by atoms with Gasteiger partial charge in [0.05, 0.1) is 0 Å². The molecule has 0 fully saturated rings. The molecule has 0 aliphatic heterocycles. The zero-order chi connectivity index (χ0) is 11.7. The minimum Gasteiger partial charge on any atom is -0.354 e. The van der Waals surface area contributed by atoms with Gasteiger partial charge in [-0.2, -0.15) is 0 Å². The van der Waals surface area contributed by atoms with Gasteiger partial charge in [0.25, 0.3) is 0 Å². The monoisotopic (exact) mass is 214 g/mol. The zero-order valence-electron chi connectivity index (χ0n) is 9.95. The van der Waals surface area contributed by atoms with E-state index in [9.17, 15) is 9.59 Å². The van der Waals surface area contributed by atoms with E-state index >= 15 is 0 Å². The van der Waals surface area contributed by atoms with Crippen LogP contribution in [0.5, 0.6) is 0 Å². The molecule has 0 unspecified atom stereocenters. The number of amides is 2. The van der Waals surface area contributed by atoms with Gasteiger partial charge in [0.2, 0.25) is 12.3 Å². The molecule has 0 atom stereocenters. The molecular weight excluding hydrogens is 192 g/mol. The molecule has 0 spiro atoms. The molecule has 0 aromatic heterocycles. The lowest BCUT2D eigenvalue weighted by Gasteiger charge is -2.10. The van der Waals surface area contributed by atoms with Gasteiger partial charge < -0.3 is 10.2 Å². The molecule has 0 bridgehead atoms. The SMILES string of the molecule is CC(C)NC(=O)CCCCCN(C)C=O. The molecule has 0 aliphatic carbocycles. The number of carbonyl (C=O) groups excluding carboxylic acids is 2. The predicted molar refractivity (Wildman–Crippen MR) is 60.4 cm³/mol. The van der Waals surface area contributed by atoms with Crippen LogP contribution in [0.2, 0.25) is 0 Å².